The van der Waals surface area contributed by atoms with Gasteiger partial charge in [-0.3, -0.25) is 4.79 Å². The van der Waals surface area contributed by atoms with Crippen molar-refractivity contribution < 1.29 is 13.2 Å². The average molecular weight is 368 g/mol. The van der Waals surface area contributed by atoms with Gasteiger partial charge in [0.15, 0.2) is 0 Å². The number of anilines is 1. The van der Waals surface area contributed by atoms with Gasteiger partial charge in [-0.1, -0.05) is 24.8 Å². The van der Waals surface area contributed by atoms with Crippen LogP contribution in [-0.2, 0) is 14.8 Å². The molecule has 2 N–H and O–H groups in total. The standard InChI is InChI=1S/C16H12N6O3S/c1-18-15-14(16(23)22(21-15)12-5-3-2-4-6-12)20-19-11-7-9-13(10-8-11)26(17,24)25/h2-10,14H,(H2,17,24,25). The summed E-state index contributed by atoms with van der Waals surface area (Å²) in [5, 5.41) is 17.9. The minimum Gasteiger partial charge on any atom is -0.360 e. The van der Waals surface area contributed by atoms with Crippen LogP contribution in [0, 0.1) is 6.57 Å². The predicted molar refractivity (Wildman–Crippen MR) is 94.1 cm³/mol. The Hall–Kier alpha value is -3.42. The maximum atomic E-state index is 12.5. The third-order valence-electron chi connectivity index (χ3n) is 3.46. The van der Waals surface area contributed by atoms with Crippen molar-refractivity contribution in [2.75, 3.05) is 5.01 Å². The Balaban J connectivity index is 1.83. The second-order valence-electron chi connectivity index (χ2n) is 5.21. The van der Waals surface area contributed by atoms with E-state index >= 15 is 0 Å². The third-order valence-corrected chi connectivity index (χ3v) is 4.39. The number of hydrazone groups is 1. The normalized spacial score (nSPS) is 17.4. The Labute approximate surface area is 149 Å². The van der Waals surface area contributed by atoms with Crippen molar-refractivity contribution in [2.24, 2.45) is 20.5 Å². The number of carbonyl (C=O) groups excluding carboxylic acids is 1. The van der Waals surface area contributed by atoms with E-state index in [9.17, 15) is 13.2 Å². The zero-order valence-corrected chi connectivity index (χ0v) is 14.0. The zero-order valence-electron chi connectivity index (χ0n) is 13.2. The number of amides is 1. The molecule has 0 saturated carbocycles. The van der Waals surface area contributed by atoms with Gasteiger partial charge in [0.25, 0.3) is 5.91 Å². The quantitative estimate of drug-likeness (QED) is 0.656. The van der Waals surface area contributed by atoms with Crippen LogP contribution < -0.4 is 10.1 Å². The van der Waals surface area contributed by atoms with Crippen molar-refractivity contribution >= 4 is 33.1 Å². The van der Waals surface area contributed by atoms with Gasteiger partial charge in [-0.2, -0.15) is 10.2 Å². The molecule has 2 aromatic carbocycles. The highest BCUT2D eigenvalue weighted by molar-refractivity contribution is 7.89. The van der Waals surface area contributed by atoms with E-state index in [4.69, 9.17) is 11.7 Å². The molecule has 0 spiro atoms. The van der Waals surface area contributed by atoms with Crippen LogP contribution in [0.1, 0.15) is 0 Å². The van der Waals surface area contributed by atoms with Crippen LogP contribution in [0.2, 0.25) is 0 Å². The number of carbonyl (C=O) groups is 1. The number of rotatable bonds is 4. The Morgan fingerprint density at radius 1 is 1.12 bits per heavy atom. The van der Waals surface area contributed by atoms with Gasteiger partial charge in [0.2, 0.25) is 16.1 Å². The number of hydrogen-bond acceptors (Lipinski definition) is 6. The van der Waals surface area contributed by atoms with Crippen LogP contribution in [0.3, 0.4) is 0 Å². The van der Waals surface area contributed by atoms with Crippen LogP contribution >= 0.6 is 0 Å². The highest BCUT2D eigenvalue weighted by Crippen LogP contribution is 2.24. The molecule has 0 saturated heterocycles. The number of nitrogens with zero attached hydrogens (tertiary/aromatic N) is 5. The number of amidine groups is 1. The van der Waals surface area contributed by atoms with E-state index in [1.807, 2.05) is 0 Å². The van der Waals surface area contributed by atoms with E-state index in [-0.39, 0.29) is 10.7 Å². The summed E-state index contributed by atoms with van der Waals surface area (Å²) in [4.78, 5) is 15.7. The minimum atomic E-state index is -3.80. The lowest BCUT2D eigenvalue weighted by molar-refractivity contribution is -0.117. The van der Waals surface area contributed by atoms with Crippen LogP contribution in [0.25, 0.3) is 4.85 Å². The molecule has 10 heteroatoms. The molecule has 1 atom stereocenters. The summed E-state index contributed by atoms with van der Waals surface area (Å²) in [7, 11) is -3.80. The first-order chi connectivity index (χ1) is 12.4. The molecule has 1 heterocycles. The fourth-order valence-corrected chi connectivity index (χ4v) is 2.71. The molecule has 2 aromatic rings. The molecule has 0 aliphatic carbocycles. The van der Waals surface area contributed by atoms with Gasteiger partial charge in [0.05, 0.1) is 16.3 Å². The fraction of sp³-hybridized carbons (Fsp3) is 0.0625. The number of para-hydroxylation sites is 1. The molecule has 3 rings (SSSR count). The topological polar surface area (TPSA) is 122 Å². The highest BCUT2D eigenvalue weighted by atomic mass is 32.2. The first-order valence-electron chi connectivity index (χ1n) is 7.29. The number of sulfonamides is 1. The molecule has 1 amide bonds. The summed E-state index contributed by atoms with van der Waals surface area (Å²) < 4.78 is 22.5. The summed E-state index contributed by atoms with van der Waals surface area (Å²) in [6.45, 7) is 7.19. The van der Waals surface area contributed by atoms with Crippen molar-refractivity contribution in [3.63, 3.8) is 0 Å². The van der Waals surface area contributed by atoms with E-state index in [0.717, 1.165) is 5.01 Å². The van der Waals surface area contributed by atoms with E-state index in [0.29, 0.717) is 11.4 Å². The molecule has 0 aromatic heterocycles. The molecule has 0 fully saturated rings. The van der Waals surface area contributed by atoms with Crippen molar-refractivity contribution in [1.29, 1.82) is 0 Å². The zero-order chi connectivity index (χ0) is 18.7. The molecule has 1 aliphatic rings. The molecule has 26 heavy (non-hydrogen) atoms. The lowest BCUT2D eigenvalue weighted by Crippen LogP contribution is -2.29. The summed E-state index contributed by atoms with van der Waals surface area (Å²) in [6, 6.07) is 12.9. The number of primary sulfonamides is 1. The molecular weight excluding hydrogens is 356 g/mol. The van der Waals surface area contributed by atoms with Gasteiger partial charge in [-0.25, -0.2) is 13.6 Å². The van der Waals surface area contributed by atoms with E-state index in [2.05, 4.69) is 20.2 Å². The number of azo groups is 1. The van der Waals surface area contributed by atoms with E-state index < -0.39 is 22.0 Å². The maximum absolute atomic E-state index is 12.5. The summed E-state index contributed by atoms with van der Waals surface area (Å²) >= 11 is 0. The van der Waals surface area contributed by atoms with E-state index in [1.165, 1.54) is 24.3 Å². The molecule has 1 aliphatic heterocycles. The second-order valence-corrected chi connectivity index (χ2v) is 6.77. The van der Waals surface area contributed by atoms with Crippen molar-refractivity contribution in [3.8, 4) is 0 Å². The summed E-state index contributed by atoms with van der Waals surface area (Å²) in [6.07, 6.45) is 0. The number of hydrogen-bond donors (Lipinski definition) is 1. The van der Waals surface area contributed by atoms with Crippen molar-refractivity contribution in [3.05, 3.63) is 66.0 Å². The van der Waals surface area contributed by atoms with Gasteiger partial charge >= 0.3 is 5.84 Å². The second kappa shape index (κ2) is 6.83. The SMILES string of the molecule is [C-]#[N+]C1=NN(c2ccccc2)C(=O)C1N=Nc1ccc(S(N)(=O)=O)cc1. The van der Waals surface area contributed by atoms with Gasteiger partial charge in [0.1, 0.15) is 0 Å². The Bertz CT molecular complexity index is 1040. The van der Waals surface area contributed by atoms with Gasteiger partial charge < -0.3 is 4.85 Å². The van der Waals surface area contributed by atoms with Gasteiger partial charge in [0, 0.05) is 0 Å². The van der Waals surface area contributed by atoms with Crippen molar-refractivity contribution in [1.82, 2.24) is 0 Å². The maximum Gasteiger partial charge on any atom is 0.307 e. The lowest BCUT2D eigenvalue weighted by atomic mass is 10.2. The minimum absolute atomic E-state index is 0.0629. The Morgan fingerprint density at radius 2 is 1.77 bits per heavy atom. The van der Waals surface area contributed by atoms with Crippen molar-refractivity contribution in [2.45, 2.75) is 10.9 Å². The fourth-order valence-electron chi connectivity index (χ4n) is 2.20. The molecule has 0 radical (unpaired) electrons. The summed E-state index contributed by atoms with van der Waals surface area (Å²) in [5.74, 6) is -0.587. The van der Waals surface area contributed by atoms with Crippen LogP contribution in [0.4, 0.5) is 11.4 Å². The molecule has 9 nitrogen and oxygen atoms in total. The van der Waals surface area contributed by atoms with Gasteiger partial charge in [-0.05, 0) is 41.5 Å². The molecule has 130 valence electrons. The first-order valence-corrected chi connectivity index (χ1v) is 8.83. The van der Waals surface area contributed by atoms with Crippen LogP contribution in [0.5, 0.6) is 0 Å². The highest BCUT2D eigenvalue weighted by Gasteiger charge is 2.40. The van der Waals surface area contributed by atoms with Crippen LogP contribution in [-0.4, -0.2) is 26.2 Å². The van der Waals surface area contributed by atoms with Gasteiger partial charge in [-0.15, -0.1) is 5.01 Å². The smallest absolute Gasteiger partial charge is 0.307 e. The molecule has 0 bridgehead atoms. The molecule has 1 unspecified atom stereocenters. The molecular formula is C16H12N6O3S. The first kappa shape index (κ1) is 17.4. The van der Waals surface area contributed by atoms with Crippen LogP contribution in [0.15, 0.2) is 74.8 Å². The van der Waals surface area contributed by atoms with E-state index in [1.54, 1.807) is 30.3 Å². The average Bonchev–Trinajstić information content (AvgIpc) is 2.96. The lowest BCUT2D eigenvalue weighted by Gasteiger charge is -2.07. The largest absolute Gasteiger partial charge is 0.360 e. The Kier molecular flexibility index (Phi) is 4.57. The number of nitrogens with two attached hydrogens (primary N) is 1. The Morgan fingerprint density at radius 3 is 2.35 bits per heavy atom. The number of benzene rings is 2. The summed E-state index contributed by atoms with van der Waals surface area (Å²) in [5.41, 5.74) is 0.835. The monoisotopic (exact) mass is 368 g/mol. The predicted octanol–water partition coefficient (Wildman–Crippen LogP) is 2.07. The third kappa shape index (κ3) is 3.49.